The molecule has 0 atom stereocenters. The van der Waals surface area contributed by atoms with E-state index in [-0.39, 0.29) is 0 Å². The standard InChI is InChI=1S/C14H17N3O/c18-11-3-1-2-10(8-11)4-5-14-16-12-6-7-15-9-13(12)17-14/h1-3,8,15,18H,4-7,9H2,(H,16,17). The fraction of sp³-hybridized carbons (Fsp3) is 0.357. The molecule has 1 aliphatic rings. The van der Waals surface area contributed by atoms with Gasteiger partial charge in [-0.2, -0.15) is 0 Å². The SMILES string of the molecule is Oc1cccc(CCc2nc3c([nH]2)CNCC3)c1. The lowest BCUT2D eigenvalue weighted by atomic mass is 10.1. The molecular weight excluding hydrogens is 226 g/mol. The lowest BCUT2D eigenvalue weighted by molar-refractivity contribution is 0.474. The summed E-state index contributed by atoms with van der Waals surface area (Å²) in [6.45, 7) is 1.91. The molecule has 0 radical (unpaired) electrons. The number of aromatic nitrogens is 2. The molecule has 1 aliphatic heterocycles. The highest BCUT2D eigenvalue weighted by molar-refractivity contribution is 5.27. The summed E-state index contributed by atoms with van der Waals surface area (Å²) in [5, 5.41) is 12.7. The van der Waals surface area contributed by atoms with Gasteiger partial charge in [-0.1, -0.05) is 12.1 Å². The second-order valence-corrected chi connectivity index (χ2v) is 4.71. The predicted octanol–water partition coefficient (Wildman–Crippen LogP) is 1.55. The summed E-state index contributed by atoms with van der Waals surface area (Å²) in [6.07, 6.45) is 2.79. The molecule has 2 heterocycles. The van der Waals surface area contributed by atoms with Gasteiger partial charge >= 0.3 is 0 Å². The van der Waals surface area contributed by atoms with Crippen molar-refractivity contribution in [2.24, 2.45) is 0 Å². The number of phenols is 1. The van der Waals surface area contributed by atoms with Crippen LogP contribution in [-0.4, -0.2) is 21.6 Å². The van der Waals surface area contributed by atoms with Crippen LogP contribution in [0, 0.1) is 0 Å². The molecule has 0 aliphatic carbocycles. The largest absolute Gasteiger partial charge is 0.508 e. The zero-order valence-corrected chi connectivity index (χ0v) is 10.2. The molecule has 4 heteroatoms. The monoisotopic (exact) mass is 243 g/mol. The van der Waals surface area contributed by atoms with Gasteiger partial charge in [0.2, 0.25) is 0 Å². The van der Waals surface area contributed by atoms with Crippen molar-refractivity contribution in [3.05, 3.63) is 47.0 Å². The van der Waals surface area contributed by atoms with Crippen LogP contribution in [0.2, 0.25) is 0 Å². The van der Waals surface area contributed by atoms with Gasteiger partial charge in [0.15, 0.2) is 0 Å². The van der Waals surface area contributed by atoms with Crippen LogP contribution < -0.4 is 5.32 Å². The molecule has 0 unspecified atom stereocenters. The Labute approximate surface area is 106 Å². The van der Waals surface area contributed by atoms with Crippen molar-refractivity contribution in [1.82, 2.24) is 15.3 Å². The lowest BCUT2D eigenvalue weighted by Crippen LogP contribution is -2.23. The molecule has 2 aromatic rings. The fourth-order valence-electron chi connectivity index (χ4n) is 2.37. The Morgan fingerprint density at radius 3 is 3.06 bits per heavy atom. The molecule has 94 valence electrons. The van der Waals surface area contributed by atoms with Gasteiger partial charge in [0.25, 0.3) is 0 Å². The molecule has 3 rings (SSSR count). The highest BCUT2D eigenvalue weighted by Gasteiger charge is 2.13. The summed E-state index contributed by atoms with van der Waals surface area (Å²) >= 11 is 0. The fourth-order valence-corrected chi connectivity index (χ4v) is 2.37. The van der Waals surface area contributed by atoms with E-state index in [4.69, 9.17) is 0 Å². The summed E-state index contributed by atoms with van der Waals surface area (Å²) in [6, 6.07) is 7.41. The van der Waals surface area contributed by atoms with Gasteiger partial charge in [0.05, 0.1) is 11.4 Å². The quantitative estimate of drug-likeness (QED) is 0.766. The number of aryl methyl sites for hydroxylation is 2. The van der Waals surface area contributed by atoms with Gasteiger partial charge in [-0.05, 0) is 24.1 Å². The molecule has 4 nitrogen and oxygen atoms in total. The molecular formula is C14H17N3O. The third kappa shape index (κ3) is 2.38. The molecule has 0 saturated heterocycles. The Bertz CT molecular complexity index is 524. The van der Waals surface area contributed by atoms with Crippen LogP contribution >= 0.6 is 0 Å². The van der Waals surface area contributed by atoms with Gasteiger partial charge in [0.1, 0.15) is 11.6 Å². The maximum absolute atomic E-state index is 9.41. The van der Waals surface area contributed by atoms with E-state index in [9.17, 15) is 5.11 Å². The number of benzene rings is 1. The Hall–Kier alpha value is -1.81. The zero-order valence-electron chi connectivity index (χ0n) is 10.2. The average Bonchev–Trinajstić information content (AvgIpc) is 2.79. The first-order valence-corrected chi connectivity index (χ1v) is 6.36. The Kier molecular flexibility index (Phi) is 3.02. The van der Waals surface area contributed by atoms with E-state index in [1.54, 1.807) is 6.07 Å². The second kappa shape index (κ2) is 4.82. The Morgan fingerprint density at radius 2 is 2.22 bits per heavy atom. The van der Waals surface area contributed by atoms with E-state index in [2.05, 4.69) is 15.3 Å². The van der Waals surface area contributed by atoms with Gasteiger partial charge < -0.3 is 15.4 Å². The molecule has 1 aromatic carbocycles. The third-order valence-electron chi connectivity index (χ3n) is 3.31. The van der Waals surface area contributed by atoms with Crippen LogP contribution in [0.15, 0.2) is 24.3 Å². The van der Waals surface area contributed by atoms with Crippen molar-refractivity contribution in [1.29, 1.82) is 0 Å². The number of phenolic OH excluding ortho intramolecular Hbond substituents is 1. The normalized spacial score (nSPS) is 14.4. The Morgan fingerprint density at radius 1 is 1.28 bits per heavy atom. The highest BCUT2D eigenvalue weighted by atomic mass is 16.3. The van der Waals surface area contributed by atoms with Gasteiger partial charge in [-0.15, -0.1) is 0 Å². The van der Waals surface area contributed by atoms with E-state index in [0.29, 0.717) is 5.75 Å². The van der Waals surface area contributed by atoms with E-state index >= 15 is 0 Å². The number of hydrogen-bond acceptors (Lipinski definition) is 3. The number of H-pyrrole nitrogens is 1. The zero-order chi connectivity index (χ0) is 12.4. The van der Waals surface area contributed by atoms with Crippen LogP contribution in [-0.2, 0) is 25.8 Å². The topological polar surface area (TPSA) is 60.9 Å². The van der Waals surface area contributed by atoms with Crippen molar-refractivity contribution in [2.75, 3.05) is 6.54 Å². The number of imidazole rings is 1. The summed E-state index contributed by atoms with van der Waals surface area (Å²) in [4.78, 5) is 8.01. The van der Waals surface area contributed by atoms with Crippen LogP contribution in [0.5, 0.6) is 5.75 Å². The molecule has 18 heavy (non-hydrogen) atoms. The molecule has 3 N–H and O–H groups in total. The number of nitrogens with zero attached hydrogens (tertiary/aromatic N) is 1. The molecule has 1 aromatic heterocycles. The van der Waals surface area contributed by atoms with Crippen molar-refractivity contribution in [2.45, 2.75) is 25.8 Å². The number of aromatic hydroxyl groups is 1. The summed E-state index contributed by atoms with van der Waals surface area (Å²) in [7, 11) is 0. The minimum atomic E-state index is 0.329. The lowest BCUT2D eigenvalue weighted by Gasteiger charge is -2.09. The average molecular weight is 243 g/mol. The van der Waals surface area contributed by atoms with E-state index in [1.165, 1.54) is 11.4 Å². The van der Waals surface area contributed by atoms with Gasteiger partial charge in [-0.25, -0.2) is 4.98 Å². The first-order valence-electron chi connectivity index (χ1n) is 6.36. The number of hydrogen-bond donors (Lipinski definition) is 3. The van der Waals surface area contributed by atoms with Crippen molar-refractivity contribution in [3.63, 3.8) is 0 Å². The Balaban J connectivity index is 1.68. The van der Waals surface area contributed by atoms with Gasteiger partial charge in [0, 0.05) is 25.9 Å². The molecule has 0 spiro atoms. The van der Waals surface area contributed by atoms with Crippen LogP contribution in [0.3, 0.4) is 0 Å². The summed E-state index contributed by atoms with van der Waals surface area (Å²) < 4.78 is 0. The summed E-state index contributed by atoms with van der Waals surface area (Å²) in [5.74, 6) is 1.38. The van der Waals surface area contributed by atoms with Crippen molar-refractivity contribution in [3.8, 4) is 5.75 Å². The maximum atomic E-state index is 9.41. The van der Waals surface area contributed by atoms with Crippen LogP contribution in [0.1, 0.15) is 22.8 Å². The number of aromatic amines is 1. The van der Waals surface area contributed by atoms with Crippen LogP contribution in [0.25, 0.3) is 0 Å². The van der Waals surface area contributed by atoms with Crippen molar-refractivity contribution < 1.29 is 5.11 Å². The number of fused-ring (bicyclic) bond motifs is 1. The smallest absolute Gasteiger partial charge is 0.115 e. The van der Waals surface area contributed by atoms with Crippen LogP contribution in [0.4, 0.5) is 0 Å². The maximum Gasteiger partial charge on any atom is 0.115 e. The predicted molar refractivity (Wildman–Crippen MR) is 69.5 cm³/mol. The van der Waals surface area contributed by atoms with Crippen molar-refractivity contribution >= 4 is 0 Å². The second-order valence-electron chi connectivity index (χ2n) is 4.71. The first-order chi connectivity index (χ1) is 8.81. The third-order valence-corrected chi connectivity index (χ3v) is 3.31. The molecule has 0 amide bonds. The minimum Gasteiger partial charge on any atom is -0.508 e. The molecule has 0 fully saturated rings. The van der Waals surface area contributed by atoms with Gasteiger partial charge in [-0.3, -0.25) is 0 Å². The van der Waals surface area contributed by atoms with E-state index < -0.39 is 0 Å². The summed E-state index contributed by atoms with van der Waals surface area (Å²) in [5.41, 5.74) is 3.58. The molecule has 0 saturated carbocycles. The minimum absolute atomic E-state index is 0.329. The van der Waals surface area contributed by atoms with E-state index in [0.717, 1.165) is 43.7 Å². The number of nitrogens with one attached hydrogen (secondary N) is 2. The highest BCUT2D eigenvalue weighted by Crippen LogP contribution is 2.15. The van der Waals surface area contributed by atoms with E-state index in [1.807, 2.05) is 18.2 Å². The first kappa shape index (κ1) is 11.3. The number of rotatable bonds is 3. The molecule has 0 bridgehead atoms.